The fourth-order valence-corrected chi connectivity index (χ4v) is 2.16. The second-order valence-electron chi connectivity index (χ2n) is 6.79. The van der Waals surface area contributed by atoms with Gasteiger partial charge in [-0.15, -0.1) is 0 Å². The zero-order chi connectivity index (χ0) is 22.1. The highest BCUT2D eigenvalue weighted by Crippen LogP contribution is 2.35. The molecular formula is C15H26NO11P. The van der Waals surface area contributed by atoms with Crippen LogP contribution in [0.25, 0.3) is 0 Å². The van der Waals surface area contributed by atoms with Crippen LogP contribution >= 0.6 is 7.60 Å². The van der Waals surface area contributed by atoms with Crippen LogP contribution < -0.4 is 0 Å². The minimum absolute atomic E-state index is 0.0439. The van der Waals surface area contributed by atoms with Crippen LogP contribution in [-0.2, 0) is 33.2 Å². The standard InChI is InChI=1S/C15H26NO11P/c1-5-6-7-25-11(19)12(26-13(20)15(2,3)4)27-14(21)16(8-10(17)18)9-28(22,23)24/h12H,5-9H2,1-4H3,(H,17,18)(H2,22,23,24). The number of aliphatic carboxylic acids is 1. The van der Waals surface area contributed by atoms with Gasteiger partial charge in [0.15, 0.2) is 0 Å². The average Bonchev–Trinajstić information content (AvgIpc) is 2.50. The first kappa shape index (κ1) is 25.8. The van der Waals surface area contributed by atoms with Gasteiger partial charge in [0, 0.05) is 0 Å². The molecule has 12 nitrogen and oxygen atoms in total. The number of carboxylic acids is 1. The van der Waals surface area contributed by atoms with Crippen molar-refractivity contribution in [2.75, 3.05) is 19.4 Å². The minimum Gasteiger partial charge on any atom is -0.480 e. The van der Waals surface area contributed by atoms with E-state index in [-0.39, 0.29) is 11.5 Å². The van der Waals surface area contributed by atoms with Crippen molar-refractivity contribution in [3.05, 3.63) is 0 Å². The van der Waals surface area contributed by atoms with Crippen molar-refractivity contribution in [2.45, 2.75) is 46.8 Å². The molecule has 28 heavy (non-hydrogen) atoms. The Balaban J connectivity index is 5.41. The number of ether oxygens (including phenoxy) is 3. The largest absolute Gasteiger partial charge is 0.480 e. The van der Waals surface area contributed by atoms with Crippen LogP contribution in [0, 0.1) is 5.41 Å². The summed E-state index contributed by atoms with van der Waals surface area (Å²) in [5, 5.41) is 8.79. The Morgan fingerprint density at radius 2 is 1.68 bits per heavy atom. The first-order valence-electron chi connectivity index (χ1n) is 8.27. The van der Waals surface area contributed by atoms with Crippen molar-refractivity contribution in [1.82, 2.24) is 4.90 Å². The smallest absolute Gasteiger partial charge is 0.414 e. The molecule has 0 spiro atoms. The van der Waals surface area contributed by atoms with E-state index in [0.717, 1.165) is 0 Å². The van der Waals surface area contributed by atoms with Gasteiger partial charge in [-0.1, -0.05) is 13.3 Å². The van der Waals surface area contributed by atoms with Gasteiger partial charge >= 0.3 is 37.9 Å². The minimum atomic E-state index is -4.84. The zero-order valence-corrected chi connectivity index (χ0v) is 17.0. The third-order valence-electron chi connectivity index (χ3n) is 2.91. The SMILES string of the molecule is CCCCOC(=O)C(OC(=O)N(CC(=O)O)CP(=O)(O)O)OC(=O)C(C)(C)C. The van der Waals surface area contributed by atoms with Gasteiger partial charge in [0.1, 0.15) is 12.8 Å². The molecule has 3 N–H and O–H groups in total. The number of amides is 1. The number of nitrogens with zero attached hydrogens (tertiary/aromatic N) is 1. The first-order chi connectivity index (χ1) is 12.7. The highest BCUT2D eigenvalue weighted by atomic mass is 31.2. The maximum Gasteiger partial charge on any atom is 0.414 e. The van der Waals surface area contributed by atoms with E-state index in [1.165, 1.54) is 20.8 Å². The van der Waals surface area contributed by atoms with Gasteiger partial charge < -0.3 is 29.1 Å². The Kier molecular flexibility index (Phi) is 10.1. The summed E-state index contributed by atoms with van der Waals surface area (Å²) in [6.07, 6.45) is -3.84. The summed E-state index contributed by atoms with van der Waals surface area (Å²) in [6, 6.07) is 0. The molecule has 0 saturated carbocycles. The second kappa shape index (κ2) is 11.0. The lowest BCUT2D eigenvalue weighted by atomic mass is 9.97. The highest BCUT2D eigenvalue weighted by Gasteiger charge is 2.36. The number of hydrogen-bond donors (Lipinski definition) is 3. The van der Waals surface area contributed by atoms with Gasteiger partial charge in [-0.2, -0.15) is 0 Å². The predicted molar refractivity (Wildman–Crippen MR) is 92.9 cm³/mol. The third kappa shape index (κ3) is 10.9. The summed E-state index contributed by atoms with van der Waals surface area (Å²) in [5.74, 6) is -3.72. The summed E-state index contributed by atoms with van der Waals surface area (Å²) < 4.78 is 25.5. The molecule has 0 heterocycles. The van der Waals surface area contributed by atoms with E-state index >= 15 is 0 Å². The summed E-state index contributed by atoms with van der Waals surface area (Å²) >= 11 is 0. The molecule has 0 aliphatic heterocycles. The third-order valence-corrected chi connectivity index (χ3v) is 3.62. The molecular weight excluding hydrogens is 401 g/mol. The fraction of sp³-hybridized carbons (Fsp3) is 0.733. The molecule has 1 unspecified atom stereocenters. The molecule has 1 amide bonds. The number of esters is 2. The number of hydrogen-bond acceptors (Lipinski definition) is 8. The molecule has 0 aromatic heterocycles. The Morgan fingerprint density at radius 3 is 2.11 bits per heavy atom. The topological polar surface area (TPSA) is 177 Å². The van der Waals surface area contributed by atoms with Crippen LogP contribution in [0.2, 0.25) is 0 Å². The summed E-state index contributed by atoms with van der Waals surface area (Å²) in [6.45, 7) is 5.09. The van der Waals surface area contributed by atoms with E-state index in [9.17, 15) is 23.7 Å². The summed E-state index contributed by atoms with van der Waals surface area (Å²) in [7, 11) is -4.84. The Bertz CT molecular complexity index is 622. The van der Waals surface area contributed by atoms with E-state index < -0.39 is 56.1 Å². The van der Waals surface area contributed by atoms with Crippen LogP contribution in [0.5, 0.6) is 0 Å². The molecule has 0 aliphatic rings. The number of unbranched alkanes of at least 4 members (excludes halogenated alkanes) is 1. The highest BCUT2D eigenvalue weighted by molar-refractivity contribution is 7.51. The fourth-order valence-electron chi connectivity index (χ4n) is 1.50. The van der Waals surface area contributed by atoms with Crippen LogP contribution in [0.1, 0.15) is 40.5 Å². The van der Waals surface area contributed by atoms with E-state index in [4.69, 9.17) is 24.4 Å². The van der Waals surface area contributed by atoms with Gasteiger partial charge in [-0.25, -0.2) is 9.59 Å². The van der Waals surface area contributed by atoms with Crippen molar-refractivity contribution in [2.24, 2.45) is 5.41 Å². The van der Waals surface area contributed by atoms with Crippen LogP contribution in [-0.4, -0.2) is 69.5 Å². The van der Waals surface area contributed by atoms with E-state index in [1.807, 2.05) is 6.92 Å². The lowest BCUT2D eigenvalue weighted by molar-refractivity contribution is -0.197. The normalized spacial score (nSPS) is 12.6. The van der Waals surface area contributed by atoms with Crippen LogP contribution in [0.4, 0.5) is 4.79 Å². The first-order valence-corrected chi connectivity index (χ1v) is 10.1. The van der Waals surface area contributed by atoms with Crippen molar-refractivity contribution in [3.63, 3.8) is 0 Å². The Labute approximate surface area is 161 Å². The number of carboxylic acid groups (broad SMARTS) is 1. The predicted octanol–water partition coefficient (Wildman–Crippen LogP) is 0.903. The van der Waals surface area contributed by atoms with Crippen molar-refractivity contribution in [3.8, 4) is 0 Å². The molecule has 0 aliphatic carbocycles. The van der Waals surface area contributed by atoms with Gasteiger partial charge in [0.2, 0.25) is 0 Å². The monoisotopic (exact) mass is 427 g/mol. The molecule has 0 aromatic carbocycles. The van der Waals surface area contributed by atoms with E-state index in [2.05, 4.69) is 4.74 Å². The van der Waals surface area contributed by atoms with E-state index in [1.54, 1.807) is 0 Å². The number of carbonyl (C=O) groups excluding carboxylic acids is 3. The lowest BCUT2D eigenvalue weighted by Gasteiger charge is -2.25. The summed E-state index contributed by atoms with van der Waals surface area (Å²) in [5.41, 5.74) is -1.07. The van der Waals surface area contributed by atoms with Crippen molar-refractivity contribution in [1.29, 1.82) is 0 Å². The molecule has 0 saturated heterocycles. The molecule has 162 valence electrons. The lowest BCUT2D eigenvalue weighted by Crippen LogP contribution is -2.43. The molecule has 0 bridgehead atoms. The van der Waals surface area contributed by atoms with Gasteiger partial charge in [-0.3, -0.25) is 19.1 Å². The Hall–Kier alpha value is -2.17. The quantitative estimate of drug-likeness (QED) is 0.195. The number of rotatable bonds is 10. The summed E-state index contributed by atoms with van der Waals surface area (Å²) in [4.78, 5) is 65.2. The number of carbonyl (C=O) groups is 4. The molecule has 0 fully saturated rings. The second-order valence-corrected chi connectivity index (χ2v) is 8.40. The molecule has 0 aromatic rings. The van der Waals surface area contributed by atoms with Gasteiger partial charge in [0.05, 0.1) is 12.0 Å². The molecule has 13 heteroatoms. The molecule has 0 radical (unpaired) electrons. The maximum absolute atomic E-state index is 12.1. The molecule has 1 atom stereocenters. The van der Waals surface area contributed by atoms with E-state index in [0.29, 0.717) is 12.8 Å². The van der Waals surface area contributed by atoms with Gasteiger partial charge in [-0.05, 0) is 27.2 Å². The van der Waals surface area contributed by atoms with Crippen molar-refractivity contribution >= 4 is 31.6 Å². The van der Waals surface area contributed by atoms with Crippen LogP contribution in [0.3, 0.4) is 0 Å². The van der Waals surface area contributed by atoms with Crippen molar-refractivity contribution < 1.29 is 52.8 Å². The average molecular weight is 427 g/mol. The van der Waals surface area contributed by atoms with Gasteiger partial charge in [0.25, 0.3) is 0 Å². The van der Waals surface area contributed by atoms with Crippen LogP contribution in [0.15, 0.2) is 0 Å². The Morgan fingerprint density at radius 1 is 1.11 bits per heavy atom. The zero-order valence-electron chi connectivity index (χ0n) is 16.1. The maximum atomic E-state index is 12.1. The molecule has 0 rings (SSSR count).